The number of pyridine rings is 1. The summed E-state index contributed by atoms with van der Waals surface area (Å²) >= 11 is 0. The lowest BCUT2D eigenvalue weighted by atomic mass is 10.2. The average Bonchev–Trinajstić information content (AvgIpc) is 2.95. The van der Waals surface area contributed by atoms with Crippen LogP contribution in [0.2, 0.25) is 0 Å². The minimum atomic E-state index is 0.114. The zero-order valence-electron chi connectivity index (χ0n) is 10.8. The molecule has 3 heterocycles. The number of nitrogens with zero attached hydrogens (tertiary/aromatic N) is 5. The molecule has 6 nitrogen and oxygen atoms in total. The Kier molecular flexibility index (Phi) is 2.83. The molecule has 3 aromatic rings. The molecule has 0 spiro atoms. The van der Waals surface area contributed by atoms with E-state index in [0.29, 0.717) is 5.65 Å². The number of nitrogens with one attached hydrogen (secondary N) is 1. The van der Waals surface area contributed by atoms with Crippen LogP contribution in [-0.4, -0.2) is 32.0 Å². The molecule has 1 N–H and O–H groups in total. The zero-order valence-corrected chi connectivity index (χ0v) is 10.8. The van der Waals surface area contributed by atoms with Gasteiger partial charge in [-0.15, -0.1) is 0 Å². The van der Waals surface area contributed by atoms with E-state index in [9.17, 15) is 0 Å². The monoisotopic (exact) mass is 254 g/mol. The van der Waals surface area contributed by atoms with E-state index in [1.165, 1.54) is 6.33 Å². The van der Waals surface area contributed by atoms with Crippen molar-refractivity contribution in [3.63, 3.8) is 0 Å². The summed E-state index contributed by atoms with van der Waals surface area (Å²) in [5, 5.41) is 0. The van der Waals surface area contributed by atoms with Crippen molar-refractivity contribution in [2.24, 2.45) is 0 Å². The van der Waals surface area contributed by atoms with Crippen molar-refractivity contribution in [3.8, 4) is 0 Å². The lowest BCUT2D eigenvalue weighted by molar-refractivity contribution is 0.706. The molecule has 19 heavy (non-hydrogen) atoms. The van der Waals surface area contributed by atoms with E-state index in [1.807, 2.05) is 25.2 Å². The fraction of sp³-hybridized carbons (Fsp3) is 0.231. The molecule has 0 aliphatic heterocycles. The number of aromatic amines is 1. The Hall–Kier alpha value is -2.50. The largest absolute Gasteiger partial charge is 0.349 e. The Morgan fingerprint density at radius 1 is 1.16 bits per heavy atom. The maximum absolute atomic E-state index is 4.38. The number of fused-ring (bicyclic) bond motifs is 1. The highest BCUT2D eigenvalue weighted by Crippen LogP contribution is 2.26. The molecule has 0 saturated carbocycles. The van der Waals surface area contributed by atoms with Gasteiger partial charge in [-0.1, -0.05) is 6.07 Å². The van der Waals surface area contributed by atoms with E-state index < -0.39 is 0 Å². The fourth-order valence-electron chi connectivity index (χ4n) is 2.02. The van der Waals surface area contributed by atoms with E-state index in [2.05, 4.69) is 36.7 Å². The molecular weight excluding hydrogens is 240 g/mol. The van der Waals surface area contributed by atoms with Gasteiger partial charge in [-0.25, -0.2) is 15.0 Å². The Morgan fingerprint density at radius 2 is 2.05 bits per heavy atom. The molecule has 0 amide bonds. The summed E-state index contributed by atoms with van der Waals surface area (Å²) in [7, 11) is 1.99. The topological polar surface area (TPSA) is 70.6 Å². The Labute approximate surface area is 110 Å². The summed E-state index contributed by atoms with van der Waals surface area (Å²) in [6, 6.07) is 6.02. The van der Waals surface area contributed by atoms with Crippen molar-refractivity contribution in [1.82, 2.24) is 24.9 Å². The smallest absolute Gasteiger partial charge is 0.182 e. The second kappa shape index (κ2) is 4.64. The molecule has 6 heteroatoms. The van der Waals surface area contributed by atoms with Crippen LogP contribution in [0.15, 0.2) is 37.1 Å². The summed E-state index contributed by atoms with van der Waals surface area (Å²) in [5.41, 5.74) is 2.51. The number of imidazole rings is 1. The van der Waals surface area contributed by atoms with Crippen molar-refractivity contribution < 1.29 is 0 Å². The predicted molar refractivity (Wildman–Crippen MR) is 72.7 cm³/mol. The highest BCUT2D eigenvalue weighted by atomic mass is 15.2. The third kappa shape index (κ3) is 2.01. The Bertz CT molecular complexity index is 678. The predicted octanol–water partition coefficient (Wildman–Crippen LogP) is 1.95. The van der Waals surface area contributed by atoms with Crippen molar-refractivity contribution in [1.29, 1.82) is 0 Å². The van der Waals surface area contributed by atoms with Crippen LogP contribution in [0.25, 0.3) is 11.2 Å². The quantitative estimate of drug-likeness (QED) is 0.773. The number of rotatable bonds is 3. The minimum Gasteiger partial charge on any atom is -0.349 e. The molecule has 3 aromatic heterocycles. The number of anilines is 1. The summed E-state index contributed by atoms with van der Waals surface area (Å²) in [6.07, 6.45) is 4.95. The lowest BCUT2D eigenvalue weighted by Gasteiger charge is -2.25. The van der Waals surface area contributed by atoms with Crippen molar-refractivity contribution >= 4 is 17.0 Å². The second-order valence-electron chi connectivity index (χ2n) is 4.34. The van der Waals surface area contributed by atoms with Gasteiger partial charge in [-0.2, -0.15) is 0 Å². The Balaban J connectivity index is 2.00. The lowest BCUT2D eigenvalue weighted by Crippen LogP contribution is -2.23. The average molecular weight is 254 g/mol. The number of hydrogen-bond acceptors (Lipinski definition) is 5. The van der Waals surface area contributed by atoms with Crippen LogP contribution in [0, 0.1) is 0 Å². The molecule has 0 radical (unpaired) electrons. The van der Waals surface area contributed by atoms with Gasteiger partial charge >= 0.3 is 0 Å². The molecule has 96 valence electrons. The number of aromatic nitrogens is 5. The second-order valence-corrected chi connectivity index (χ2v) is 4.34. The molecule has 0 aliphatic carbocycles. The van der Waals surface area contributed by atoms with E-state index in [-0.39, 0.29) is 6.04 Å². The van der Waals surface area contributed by atoms with Gasteiger partial charge in [0.15, 0.2) is 11.5 Å². The molecule has 0 bridgehead atoms. The van der Waals surface area contributed by atoms with Gasteiger partial charge in [0.25, 0.3) is 0 Å². The molecule has 0 aromatic carbocycles. The maximum Gasteiger partial charge on any atom is 0.182 e. The molecular formula is C13H14N6. The van der Waals surface area contributed by atoms with E-state index in [4.69, 9.17) is 0 Å². The molecule has 0 fully saturated rings. The van der Waals surface area contributed by atoms with Crippen LogP contribution in [0.3, 0.4) is 0 Å². The first-order valence-corrected chi connectivity index (χ1v) is 6.05. The summed E-state index contributed by atoms with van der Waals surface area (Å²) in [4.78, 5) is 22.1. The van der Waals surface area contributed by atoms with E-state index in [0.717, 1.165) is 17.0 Å². The molecule has 1 atom stereocenters. The van der Waals surface area contributed by atoms with Crippen LogP contribution in [0.4, 0.5) is 5.82 Å². The van der Waals surface area contributed by atoms with Crippen LogP contribution in [-0.2, 0) is 0 Å². The van der Waals surface area contributed by atoms with Crippen LogP contribution >= 0.6 is 0 Å². The van der Waals surface area contributed by atoms with Gasteiger partial charge in [0.2, 0.25) is 0 Å². The molecule has 0 saturated heterocycles. The summed E-state index contributed by atoms with van der Waals surface area (Å²) in [5.74, 6) is 0.820. The van der Waals surface area contributed by atoms with Gasteiger partial charge in [-0.3, -0.25) is 4.98 Å². The van der Waals surface area contributed by atoms with Crippen LogP contribution < -0.4 is 4.90 Å². The zero-order chi connectivity index (χ0) is 13.2. The van der Waals surface area contributed by atoms with Crippen molar-refractivity contribution in [2.75, 3.05) is 11.9 Å². The Morgan fingerprint density at radius 3 is 2.84 bits per heavy atom. The number of hydrogen-bond donors (Lipinski definition) is 1. The first-order valence-electron chi connectivity index (χ1n) is 6.05. The highest BCUT2D eigenvalue weighted by molar-refractivity contribution is 5.82. The first kappa shape index (κ1) is 11.6. The van der Waals surface area contributed by atoms with Gasteiger partial charge in [-0.05, 0) is 19.1 Å². The van der Waals surface area contributed by atoms with Gasteiger partial charge in [0.1, 0.15) is 11.8 Å². The van der Waals surface area contributed by atoms with Gasteiger partial charge < -0.3 is 9.88 Å². The van der Waals surface area contributed by atoms with Crippen molar-refractivity contribution in [3.05, 3.63) is 42.7 Å². The number of H-pyrrole nitrogens is 1. The van der Waals surface area contributed by atoms with E-state index in [1.54, 1.807) is 12.5 Å². The SMILES string of the molecule is C[C@H](c1ccccn1)N(C)c1ncnc2nc[nH]c12. The van der Waals surface area contributed by atoms with E-state index >= 15 is 0 Å². The normalized spacial score (nSPS) is 12.5. The minimum absolute atomic E-state index is 0.114. The maximum atomic E-state index is 4.38. The summed E-state index contributed by atoms with van der Waals surface area (Å²) in [6.45, 7) is 2.09. The van der Waals surface area contributed by atoms with Crippen LogP contribution in [0.5, 0.6) is 0 Å². The van der Waals surface area contributed by atoms with Crippen molar-refractivity contribution in [2.45, 2.75) is 13.0 Å². The molecule has 0 unspecified atom stereocenters. The molecule has 3 rings (SSSR count). The van der Waals surface area contributed by atoms with Gasteiger partial charge in [0.05, 0.1) is 18.1 Å². The third-order valence-corrected chi connectivity index (χ3v) is 3.23. The van der Waals surface area contributed by atoms with Gasteiger partial charge in [0, 0.05) is 13.2 Å². The molecule has 0 aliphatic rings. The standard InChI is InChI=1S/C13H14N6/c1-9(10-5-3-4-6-14-10)19(2)13-11-12(16-7-15-11)17-8-18-13/h3-9H,1-2H3,(H,15,16,17,18)/t9-/m1/s1. The fourth-order valence-corrected chi connectivity index (χ4v) is 2.02. The highest BCUT2D eigenvalue weighted by Gasteiger charge is 2.17. The van der Waals surface area contributed by atoms with Crippen LogP contribution in [0.1, 0.15) is 18.7 Å². The third-order valence-electron chi connectivity index (χ3n) is 3.23. The summed E-state index contributed by atoms with van der Waals surface area (Å²) < 4.78 is 0. The first-order chi connectivity index (χ1) is 9.27.